The van der Waals surface area contributed by atoms with E-state index in [4.69, 9.17) is 0 Å². The Hall–Kier alpha value is -0.410. The molecule has 0 aliphatic carbocycles. The maximum absolute atomic E-state index is 3.27. The molecule has 0 fully saturated rings. The lowest BCUT2D eigenvalue weighted by Crippen LogP contribution is -2.16. The van der Waals surface area contributed by atoms with E-state index >= 15 is 0 Å². The average molecular weight is 212 g/mol. The Bertz CT molecular complexity index is 258. The number of aromatic nitrogens is 1. The molecule has 0 amide bonds. The van der Waals surface area contributed by atoms with Crippen LogP contribution in [0, 0.1) is 0 Å². The first-order valence-electron chi connectivity index (χ1n) is 5.10. The molecule has 1 aromatic rings. The standard InChI is InChI=1S/C11H20N2S/c1-10(12-2)11-6-4-7-13(11)8-5-9-14-3/h4,6-7,10,12H,5,8-9H2,1-3H3. The molecule has 0 bridgehead atoms. The van der Waals surface area contributed by atoms with Crippen LogP contribution in [0.15, 0.2) is 18.3 Å². The van der Waals surface area contributed by atoms with E-state index in [-0.39, 0.29) is 0 Å². The Balaban J connectivity index is 2.53. The molecule has 1 aromatic heterocycles. The Morgan fingerprint density at radius 2 is 2.36 bits per heavy atom. The number of hydrogen-bond acceptors (Lipinski definition) is 2. The first-order valence-corrected chi connectivity index (χ1v) is 6.50. The van der Waals surface area contributed by atoms with Crippen molar-refractivity contribution < 1.29 is 0 Å². The van der Waals surface area contributed by atoms with E-state index in [2.05, 4.69) is 41.4 Å². The number of aryl methyl sites for hydroxylation is 1. The summed E-state index contributed by atoms with van der Waals surface area (Å²) in [5.74, 6) is 1.24. The fourth-order valence-electron chi connectivity index (χ4n) is 1.55. The van der Waals surface area contributed by atoms with Crippen molar-refractivity contribution in [2.75, 3.05) is 19.1 Å². The molecule has 80 valence electrons. The van der Waals surface area contributed by atoms with Gasteiger partial charge in [-0.25, -0.2) is 0 Å². The predicted molar refractivity (Wildman–Crippen MR) is 64.9 cm³/mol. The third-order valence-electron chi connectivity index (χ3n) is 2.49. The lowest BCUT2D eigenvalue weighted by atomic mass is 10.2. The highest BCUT2D eigenvalue weighted by Crippen LogP contribution is 2.13. The van der Waals surface area contributed by atoms with Crippen molar-refractivity contribution in [3.63, 3.8) is 0 Å². The lowest BCUT2D eigenvalue weighted by molar-refractivity contribution is 0.564. The molecule has 1 N–H and O–H groups in total. The van der Waals surface area contributed by atoms with Crippen LogP contribution in [0.4, 0.5) is 0 Å². The lowest BCUT2D eigenvalue weighted by Gasteiger charge is -2.14. The third kappa shape index (κ3) is 3.07. The van der Waals surface area contributed by atoms with Crippen molar-refractivity contribution in [3.05, 3.63) is 24.0 Å². The van der Waals surface area contributed by atoms with E-state index in [0.29, 0.717) is 6.04 Å². The van der Waals surface area contributed by atoms with Gasteiger partial charge in [-0.2, -0.15) is 11.8 Å². The van der Waals surface area contributed by atoms with Gasteiger partial charge < -0.3 is 9.88 Å². The first-order chi connectivity index (χ1) is 6.79. The van der Waals surface area contributed by atoms with Gasteiger partial charge in [-0.15, -0.1) is 0 Å². The number of nitrogens with zero attached hydrogens (tertiary/aromatic N) is 1. The summed E-state index contributed by atoms with van der Waals surface area (Å²) in [4.78, 5) is 0. The summed E-state index contributed by atoms with van der Waals surface area (Å²) < 4.78 is 2.34. The SMILES string of the molecule is CNC(C)c1cccn1CCCSC. The zero-order valence-corrected chi connectivity index (χ0v) is 10.1. The topological polar surface area (TPSA) is 17.0 Å². The quantitative estimate of drug-likeness (QED) is 0.730. The second-order valence-electron chi connectivity index (χ2n) is 3.48. The van der Waals surface area contributed by atoms with Gasteiger partial charge >= 0.3 is 0 Å². The van der Waals surface area contributed by atoms with Gasteiger partial charge in [0.25, 0.3) is 0 Å². The van der Waals surface area contributed by atoms with Crippen molar-refractivity contribution in [3.8, 4) is 0 Å². The Kier molecular flexibility index (Phi) is 5.12. The molecule has 3 heteroatoms. The van der Waals surface area contributed by atoms with Gasteiger partial charge in [0.15, 0.2) is 0 Å². The van der Waals surface area contributed by atoms with E-state index < -0.39 is 0 Å². The van der Waals surface area contributed by atoms with Crippen LogP contribution < -0.4 is 5.32 Å². The van der Waals surface area contributed by atoms with Gasteiger partial charge in [0, 0.05) is 24.5 Å². The van der Waals surface area contributed by atoms with Crippen LogP contribution in [0.5, 0.6) is 0 Å². The molecule has 1 rings (SSSR count). The summed E-state index contributed by atoms with van der Waals surface area (Å²) in [6.45, 7) is 3.33. The first kappa shape index (κ1) is 11.7. The summed E-state index contributed by atoms with van der Waals surface area (Å²) in [6, 6.07) is 4.77. The van der Waals surface area contributed by atoms with Crippen LogP contribution >= 0.6 is 11.8 Å². The molecule has 0 aromatic carbocycles. The molecule has 0 spiro atoms. The molecule has 2 nitrogen and oxygen atoms in total. The van der Waals surface area contributed by atoms with Gasteiger partial charge in [0.05, 0.1) is 0 Å². The molecular formula is C11H20N2S. The predicted octanol–water partition coefficient (Wildman–Crippen LogP) is 2.52. The van der Waals surface area contributed by atoms with Gasteiger partial charge in [-0.05, 0) is 44.5 Å². The van der Waals surface area contributed by atoms with Gasteiger partial charge in [-0.1, -0.05) is 0 Å². The Morgan fingerprint density at radius 1 is 1.57 bits per heavy atom. The van der Waals surface area contributed by atoms with Crippen LogP contribution in [0.3, 0.4) is 0 Å². The van der Waals surface area contributed by atoms with Crippen LogP contribution in [0.1, 0.15) is 25.1 Å². The number of thioether (sulfide) groups is 1. The monoisotopic (exact) mass is 212 g/mol. The van der Waals surface area contributed by atoms with E-state index in [0.717, 1.165) is 6.54 Å². The summed E-state index contributed by atoms with van der Waals surface area (Å²) >= 11 is 1.91. The molecular weight excluding hydrogens is 192 g/mol. The largest absolute Gasteiger partial charge is 0.350 e. The maximum atomic E-state index is 3.27. The minimum atomic E-state index is 0.444. The van der Waals surface area contributed by atoms with E-state index in [9.17, 15) is 0 Å². The van der Waals surface area contributed by atoms with Crippen molar-refractivity contribution in [2.24, 2.45) is 0 Å². The van der Waals surface area contributed by atoms with E-state index in [1.165, 1.54) is 17.9 Å². The highest BCUT2D eigenvalue weighted by atomic mass is 32.2. The van der Waals surface area contributed by atoms with Gasteiger partial charge in [0.1, 0.15) is 0 Å². The van der Waals surface area contributed by atoms with Crippen LogP contribution in [-0.4, -0.2) is 23.6 Å². The number of rotatable bonds is 6. The van der Waals surface area contributed by atoms with Crippen LogP contribution in [0.25, 0.3) is 0 Å². The fraction of sp³-hybridized carbons (Fsp3) is 0.636. The minimum Gasteiger partial charge on any atom is -0.350 e. The molecule has 0 radical (unpaired) electrons. The highest BCUT2D eigenvalue weighted by molar-refractivity contribution is 7.98. The van der Waals surface area contributed by atoms with Gasteiger partial charge in [-0.3, -0.25) is 0 Å². The van der Waals surface area contributed by atoms with Crippen molar-refractivity contribution in [1.29, 1.82) is 0 Å². The molecule has 14 heavy (non-hydrogen) atoms. The van der Waals surface area contributed by atoms with Crippen LogP contribution in [0.2, 0.25) is 0 Å². The van der Waals surface area contributed by atoms with Gasteiger partial charge in [0.2, 0.25) is 0 Å². The zero-order chi connectivity index (χ0) is 10.4. The Labute approximate surface area is 91.1 Å². The highest BCUT2D eigenvalue weighted by Gasteiger charge is 2.06. The fourth-order valence-corrected chi connectivity index (χ4v) is 1.97. The smallest absolute Gasteiger partial charge is 0.0443 e. The second-order valence-corrected chi connectivity index (χ2v) is 4.47. The summed E-state index contributed by atoms with van der Waals surface area (Å²) in [5, 5.41) is 3.27. The average Bonchev–Trinajstić information content (AvgIpc) is 2.65. The molecule has 0 aliphatic heterocycles. The van der Waals surface area contributed by atoms with E-state index in [1.807, 2.05) is 18.8 Å². The van der Waals surface area contributed by atoms with Crippen molar-refractivity contribution in [2.45, 2.75) is 25.9 Å². The molecule has 1 heterocycles. The van der Waals surface area contributed by atoms with Crippen molar-refractivity contribution >= 4 is 11.8 Å². The third-order valence-corrected chi connectivity index (χ3v) is 3.19. The normalized spacial score (nSPS) is 13.1. The molecule has 1 unspecified atom stereocenters. The van der Waals surface area contributed by atoms with Crippen LogP contribution in [-0.2, 0) is 6.54 Å². The maximum Gasteiger partial charge on any atom is 0.0443 e. The Morgan fingerprint density at radius 3 is 3.00 bits per heavy atom. The number of nitrogens with one attached hydrogen (secondary N) is 1. The molecule has 0 saturated carbocycles. The molecule has 0 saturated heterocycles. The summed E-state index contributed by atoms with van der Waals surface area (Å²) in [7, 11) is 2.00. The second kappa shape index (κ2) is 6.14. The molecule has 1 atom stereocenters. The van der Waals surface area contributed by atoms with E-state index in [1.54, 1.807) is 0 Å². The van der Waals surface area contributed by atoms with Crippen molar-refractivity contribution in [1.82, 2.24) is 9.88 Å². The zero-order valence-electron chi connectivity index (χ0n) is 9.29. The molecule has 0 aliphatic rings. The summed E-state index contributed by atoms with van der Waals surface area (Å²) in [5.41, 5.74) is 1.38. The summed E-state index contributed by atoms with van der Waals surface area (Å²) in [6.07, 6.45) is 5.58. The number of hydrogen-bond donors (Lipinski definition) is 1. The minimum absolute atomic E-state index is 0.444.